The summed E-state index contributed by atoms with van der Waals surface area (Å²) < 4.78 is 0. The van der Waals surface area contributed by atoms with Gasteiger partial charge in [0, 0.05) is 0 Å². The van der Waals surface area contributed by atoms with Gasteiger partial charge in [-0.3, -0.25) is 0 Å². The van der Waals surface area contributed by atoms with Crippen LogP contribution < -0.4 is 0 Å². The molecule has 0 aromatic heterocycles. The molecule has 0 aliphatic rings. The molecule has 0 aromatic rings. The van der Waals surface area contributed by atoms with E-state index in [2.05, 4.69) is 59.4 Å². The van der Waals surface area contributed by atoms with Crippen molar-refractivity contribution in [3.63, 3.8) is 0 Å². The number of allylic oxidation sites excluding steroid dienone is 5. The van der Waals surface area contributed by atoms with Gasteiger partial charge in [-0.2, -0.15) is 0 Å². The monoisotopic (exact) mass is 192 g/mol. The molecule has 0 spiro atoms. The van der Waals surface area contributed by atoms with Crippen LogP contribution in [-0.4, -0.2) is 0 Å². The predicted molar refractivity (Wildman–Crippen MR) is 66.3 cm³/mol. The lowest BCUT2D eigenvalue weighted by molar-refractivity contribution is 0.351. The minimum atomic E-state index is 0.247. The molecule has 0 bridgehead atoms. The average molecular weight is 192 g/mol. The molecular formula is C14H24. The van der Waals surface area contributed by atoms with Gasteiger partial charge in [-0.1, -0.05) is 50.6 Å². The van der Waals surface area contributed by atoms with E-state index in [1.165, 1.54) is 5.57 Å². The molecule has 0 nitrogen and oxygen atoms in total. The molecule has 1 unspecified atom stereocenters. The van der Waals surface area contributed by atoms with Crippen molar-refractivity contribution in [3.8, 4) is 0 Å². The second kappa shape index (κ2) is 5.85. The van der Waals surface area contributed by atoms with Gasteiger partial charge in [-0.25, -0.2) is 0 Å². The van der Waals surface area contributed by atoms with Gasteiger partial charge < -0.3 is 0 Å². The van der Waals surface area contributed by atoms with E-state index in [0.717, 1.165) is 6.42 Å². The second-order valence-electron chi connectivity index (χ2n) is 4.52. The fourth-order valence-electron chi connectivity index (χ4n) is 1.61. The van der Waals surface area contributed by atoms with E-state index in [-0.39, 0.29) is 5.41 Å². The van der Waals surface area contributed by atoms with Gasteiger partial charge in [0.25, 0.3) is 0 Å². The van der Waals surface area contributed by atoms with E-state index in [1.807, 2.05) is 6.08 Å². The van der Waals surface area contributed by atoms with Crippen LogP contribution in [0.3, 0.4) is 0 Å². The maximum absolute atomic E-state index is 3.73. The summed E-state index contributed by atoms with van der Waals surface area (Å²) in [5.74, 6) is 0.582. The Balaban J connectivity index is 4.58. The zero-order valence-corrected chi connectivity index (χ0v) is 10.3. The van der Waals surface area contributed by atoms with E-state index in [1.54, 1.807) is 0 Å². The van der Waals surface area contributed by atoms with E-state index >= 15 is 0 Å². The zero-order chi connectivity index (χ0) is 11.2. The minimum Gasteiger partial charge on any atom is -0.103 e. The van der Waals surface area contributed by atoms with E-state index in [4.69, 9.17) is 0 Å². The standard InChI is InChI=1S/C14H24/c1-7-9-10-12(3)13(4)14(5,6)11-8-2/h7-8,10-11,13H,1,9H2,2-6H3. The fraction of sp³-hybridized carbons (Fsp3) is 0.571. The molecule has 0 saturated heterocycles. The van der Waals surface area contributed by atoms with Crippen molar-refractivity contribution in [2.75, 3.05) is 0 Å². The average Bonchev–Trinajstić information content (AvgIpc) is 2.12. The van der Waals surface area contributed by atoms with Crippen molar-refractivity contribution in [1.29, 1.82) is 0 Å². The van der Waals surface area contributed by atoms with Crippen molar-refractivity contribution in [2.24, 2.45) is 11.3 Å². The first kappa shape index (κ1) is 13.2. The molecule has 0 radical (unpaired) electrons. The Morgan fingerprint density at radius 2 is 2.00 bits per heavy atom. The first-order chi connectivity index (χ1) is 6.45. The number of hydrogen-bond acceptors (Lipinski definition) is 0. The smallest absolute Gasteiger partial charge is 0.0112 e. The second-order valence-corrected chi connectivity index (χ2v) is 4.52. The molecule has 0 amide bonds. The summed E-state index contributed by atoms with van der Waals surface area (Å²) in [6.45, 7) is 14.9. The molecule has 0 N–H and O–H groups in total. The maximum Gasteiger partial charge on any atom is -0.0112 e. The molecule has 0 aromatic carbocycles. The van der Waals surface area contributed by atoms with Gasteiger partial charge in [0.15, 0.2) is 0 Å². The van der Waals surface area contributed by atoms with Crippen LogP contribution in [0.4, 0.5) is 0 Å². The van der Waals surface area contributed by atoms with E-state index < -0.39 is 0 Å². The predicted octanol–water partition coefficient (Wildman–Crippen LogP) is 4.75. The molecule has 0 heterocycles. The highest BCUT2D eigenvalue weighted by atomic mass is 14.3. The molecule has 0 aliphatic carbocycles. The van der Waals surface area contributed by atoms with Crippen molar-refractivity contribution < 1.29 is 0 Å². The van der Waals surface area contributed by atoms with Crippen molar-refractivity contribution in [1.82, 2.24) is 0 Å². The van der Waals surface area contributed by atoms with E-state index in [0.29, 0.717) is 5.92 Å². The SMILES string of the molecule is C=CCC=C(C)C(C)C(C)(C)C=CC. The zero-order valence-electron chi connectivity index (χ0n) is 10.3. The van der Waals surface area contributed by atoms with Crippen LogP contribution in [0.1, 0.15) is 41.0 Å². The van der Waals surface area contributed by atoms with Crippen molar-refractivity contribution >= 4 is 0 Å². The normalized spacial score (nSPS) is 15.9. The van der Waals surface area contributed by atoms with Crippen molar-refractivity contribution in [2.45, 2.75) is 41.0 Å². The summed E-state index contributed by atoms with van der Waals surface area (Å²) in [7, 11) is 0. The van der Waals surface area contributed by atoms with Crippen LogP contribution in [0, 0.1) is 11.3 Å². The van der Waals surface area contributed by atoms with Crippen LogP contribution in [0.2, 0.25) is 0 Å². The van der Waals surface area contributed by atoms with Gasteiger partial charge in [0.1, 0.15) is 0 Å². The third kappa shape index (κ3) is 3.95. The highest BCUT2D eigenvalue weighted by molar-refractivity contribution is 5.12. The first-order valence-electron chi connectivity index (χ1n) is 5.37. The summed E-state index contributed by atoms with van der Waals surface area (Å²) in [5.41, 5.74) is 1.70. The molecule has 0 aliphatic heterocycles. The fourth-order valence-corrected chi connectivity index (χ4v) is 1.61. The Morgan fingerprint density at radius 1 is 1.43 bits per heavy atom. The highest BCUT2D eigenvalue weighted by Crippen LogP contribution is 2.33. The molecule has 0 saturated carbocycles. The van der Waals surface area contributed by atoms with E-state index in [9.17, 15) is 0 Å². The Hall–Kier alpha value is -0.780. The Morgan fingerprint density at radius 3 is 2.43 bits per heavy atom. The van der Waals surface area contributed by atoms with Crippen LogP contribution in [0.15, 0.2) is 36.5 Å². The van der Waals surface area contributed by atoms with Crippen LogP contribution in [0.5, 0.6) is 0 Å². The van der Waals surface area contributed by atoms with Crippen LogP contribution >= 0.6 is 0 Å². The van der Waals surface area contributed by atoms with Crippen LogP contribution in [-0.2, 0) is 0 Å². The molecule has 14 heavy (non-hydrogen) atoms. The lowest BCUT2D eigenvalue weighted by Crippen LogP contribution is -2.19. The topological polar surface area (TPSA) is 0 Å². The summed E-state index contributed by atoms with van der Waals surface area (Å²) in [4.78, 5) is 0. The molecule has 1 atom stereocenters. The van der Waals surface area contributed by atoms with Crippen molar-refractivity contribution in [3.05, 3.63) is 36.5 Å². The quantitative estimate of drug-likeness (QED) is 0.551. The van der Waals surface area contributed by atoms with Gasteiger partial charge in [0.2, 0.25) is 0 Å². The Labute approximate surface area is 89.4 Å². The molecule has 0 rings (SSSR count). The number of rotatable bonds is 5. The summed E-state index contributed by atoms with van der Waals surface area (Å²) in [5, 5.41) is 0. The Bertz CT molecular complexity index is 228. The molecular weight excluding hydrogens is 168 g/mol. The third-order valence-electron chi connectivity index (χ3n) is 3.00. The maximum atomic E-state index is 3.73. The molecule has 80 valence electrons. The number of hydrogen-bond donors (Lipinski definition) is 0. The van der Waals surface area contributed by atoms with Gasteiger partial charge >= 0.3 is 0 Å². The van der Waals surface area contributed by atoms with Gasteiger partial charge in [-0.05, 0) is 31.6 Å². The van der Waals surface area contributed by atoms with Gasteiger partial charge in [-0.15, -0.1) is 6.58 Å². The molecule has 0 heteroatoms. The summed E-state index contributed by atoms with van der Waals surface area (Å²) in [6, 6.07) is 0. The molecule has 0 fully saturated rings. The van der Waals surface area contributed by atoms with Crippen LogP contribution in [0.25, 0.3) is 0 Å². The largest absolute Gasteiger partial charge is 0.103 e. The summed E-state index contributed by atoms with van der Waals surface area (Å²) >= 11 is 0. The summed E-state index contributed by atoms with van der Waals surface area (Å²) in [6.07, 6.45) is 9.60. The minimum absolute atomic E-state index is 0.247. The highest BCUT2D eigenvalue weighted by Gasteiger charge is 2.23. The first-order valence-corrected chi connectivity index (χ1v) is 5.37. The Kier molecular flexibility index (Phi) is 5.52. The lowest BCUT2D eigenvalue weighted by atomic mass is 9.76. The third-order valence-corrected chi connectivity index (χ3v) is 3.00. The van der Waals surface area contributed by atoms with Gasteiger partial charge in [0.05, 0.1) is 0 Å². The lowest BCUT2D eigenvalue weighted by Gasteiger charge is -2.29.